The standard InChI is InChI=1S/C17H30N2OS/c1-5-13-7-6-8-14(9-13)17-19-15(11-20-4)16(21-17)10-18-12(2)3/h12-14,18H,5-11H2,1-4H3. The minimum atomic E-state index is 0.505. The Labute approximate surface area is 133 Å². The number of nitrogens with one attached hydrogen (secondary N) is 1. The third-order valence-corrected chi connectivity index (χ3v) is 5.72. The van der Waals surface area contributed by atoms with Crippen LogP contribution in [0.3, 0.4) is 0 Å². The van der Waals surface area contributed by atoms with Gasteiger partial charge in [0.1, 0.15) is 0 Å². The Kier molecular flexibility index (Phi) is 6.65. The lowest BCUT2D eigenvalue weighted by molar-refractivity contribution is 0.181. The zero-order chi connectivity index (χ0) is 15.2. The van der Waals surface area contributed by atoms with E-state index in [1.807, 2.05) is 11.3 Å². The van der Waals surface area contributed by atoms with E-state index in [4.69, 9.17) is 9.72 Å². The van der Waals surface area contributed by atoms with Gasteiger partial charge in [0.15, 0.2) is 0 Å². The fourth-order valence-electron chi connectivity index (χ4n) is 3.15. The Hall–Kier alpha value is -0.450. The van der Waals surface area contributed by atoms with Crippen molar-refractivity contribution in [2.45, 2.75) is 78.0 Å². The van der Waals surface area contributed by atoms with Crippen LogP contribution in [0.4, 0.5) is 0 Å². The molecule has 0 spiro atoms. The Morgan fingerprint density at radius 2 is 2.19 bits per heavy atom. The van der Waals surface area contributed by atoms with E-state index in [-0.39, 0.29) is 0 Å². The van der Waals surface area contributed by atoms with Gasteiger partial charge < -0.3 is 10.1 Å². The highest BCUT2D eigenvalue weighted by Crippen LogP contribution is 2.39. The van der Waals surface area contributed by atoms with Gasteiger partial charge in [-0.25, -0.2) is 4.98 Å². The van der Waals surface area contributed by atoms with Crippen LogP contribution < -0.4 is 5.32 Å². The first kappa shape index (κ1) is 16.9. The van der Waals surface area contributed by atoms with E-state index in [1.54, 1.807) is 7.11 Å². The average molecular weight is 311 g/mol. The Bertz CT molecular complexity index is 430. The molecule has 120 valence electrons. The molecule has 2 rings (SSSR count). The molecule has 1 aromatic heterocycles. The van der Waals surface area contributed by atoms with E-state index in [2.05, 4.69) is 26.1 Å². The van der Waals surface area contributed by atoms with Gasteiger partial charge in [0.25, 0.3) is 0 Å². The predicted molar refractivity (Wildman–Crippen MR) is 89.8 cm³/mol. The number of hydrogen-bond donors (Lipinski definition) is 1. The van der Waals surface area contributed by atoms with Gasteiger partial charge in [0, 0.05) is 30.5 Å². The molecule has 0 aliphatic heterocycles. The molecule has 3 nitrogen and oxygen atoms in total. The zero-order valence-corrected chi connectivity index (χ0v) is 14.8. The van der Waals surface area contributed by atoms with E-state index in [0.29, 0.717) is 18.6 Å². The van der Waals surface area contributed by atoms with Gasteiger partial charge in [-0.3, -0.25) is 0 Å². The van der Waals surface area contributed by atoms with Crippen LogP contribution in [0.2, 0.25) is 0 Å². The molecule has 1 saturated carbocycles. The van der Waals surface area contributed by atoms with Crippen molar-refractivity contribution in [3.8, 4) is 0 Å². The maximum absolute atomic E-state index is 5.33. The van der Waals surface area contributed by atoms with Crippen LogP contribution in [0, 0.1) is 5.92 Å². The van der Waals surface area contributed by atoms with E-state index in [9.17, 15) is 0 Å². The van der Waals surface area contributed by atoms with Crippen LogP contribution in [0.25, 0.3) is 0 Å². The Morgan fingerprint density at radius 3 is 2.86 bits per heavy atom. The van der Waals surface area contributed by atoms with Crippen molar-refractivity contribution in [2.75, 3.05) is 7.11 Å². The minimum Gasteiger partial charge on any atom is -0.378 e. The fourth-order valence-corrected chi connectivity index (χ4v) is 4.32. The summed E-state index contributed by atoms with van der Waals surface area (Å²) in [6.07, 6.45) is 6.72. The zero-order valence-electron chi connectivity index (χ0n) is 13.9. The van der Waals surface area contributed by atoms with Crippen LogP contribution in [-0.2, 0) is 17.9 Å². The topological polar surface area (TPSA) is 34.1 Å². The quantitative estimate of drug-likeness (QED) is 0.806. The highest BCUT2D eigenvalue weighted by molar-refractivity contribution is 7.11. The molecule has 0 saturated heterocycles. The van der Waals surface area contributed by atoms with Gasteiger partial charge in [0.05, 0.1) is 17.3 Å². The summed E-state index contributed by atoms with van der Waals surface area (Å²) in [7, 11) is 1.76. The van der Waals surface area contributed by atoms with Crippen molar-refractivity contribution >= 4 is 11.3 Å². The number of nitrogens with zero attached hydrogens (tertiary/aromatic N) is 1. The Balaban J connectivity index is 2.10. The third-order valence-electron chi connectivity index (χ3n) is 4.46. The van der Waals surface area contributed by atoms with Crippen LogP contribution in [0.1, 0.15) is 74.4 Å². The van der Waals surface area contributed by atoms with Gasteiger partial charge in [-0.15, -0.1) is 11.3 Å². The molecule has 2 unspecified atom stereocenters. The minimum absolute atomic E-state index is 0.505. The second-order valence-corrected chi connectivity index (χ2v) is 7.64. The smallest absolute Gasteiger partial charge is 0.0963 e. The summed E-state index contributed by atoms with van der Waals surface area (Å²) in [4.78, 5) is 6.28. The molecule has 0 radical (unpaired) electrons. The van der Waals surface area contributed by atoms with Crippen molar-refractivity contribution in [3.63, 3.8) is 0 Å². The molecule has 1 heterocycles. The maximum Gasteiger partial charge on any atom is 0.0963 e. The lowest BCUT2D eigenvalue weighted by Gasteiger charge is -2.26. The van der Waals surface area contributed by atoms with E-state index >= 15 is 0 Å². The lowest BCUT2D eigenvalue weighted by Crippen LogP contribution is -2.21. The molecule has 1 aliphatic carbocycles. The largest absolute Gasteiger partial charge is 0.378 e. The molecule has 4 heteroatoms. The molecule has 0 bridgehead atoms. The molecular weight excluding hydrogens is 280 g/mol. The summed E-state index contributed by atoms with van der Waals surface area (Å²) in [5.41, 5.74) is 1.14. The Morgan fingerprint density at radius 1 is 1.38 bits per heavy atom. The van der Waals surface area contributed by atoms with E-state index in [0.717, 1.165) is 18.2 Å². The average Bonchev–Trinajstić information content (AvgIpc) is 2.89. The number of methoxy groups -OCH3 is 1. The number of ether oxygens (including phenoxy) is 1. The van der Waals surface area contributed by atoms with Crippen molar-refractivity contribution < 1.29 is 4.74 Å². The van der Waals surface area contributed by atoms with Crippen molar-refractivity contribution in [1.29, 1.82) is 0 Å². The van der Waals surface area contributed by atoms with Crippen LogP contribution in [-0.4, -0.2) is 18.1 Å². The summed E-state index contributed by atoms with van der Waals surface area (Å²) < 4.78 is 5.33. The normalized spacial score (nSPS) is 22.9. The molecule has 1 N–H and O–H groups in total. The van der Waals surface area contributed by atoms with Crippen LogP contribution in [0.5, 0.6) is 0 Å². The fraction of sp³-hybridized carbons (Fsp3) is 0.824. The molecule has 0 aromatic carbocycles. The van der Waals surface area contributed by atoms with Gasteiger partial charge in [-0.1, -0.05) is 40.0 Å². The predicted octanol–water partition coefficient (Wildman–Crippen LogP) is 4.47. The SMILES string of the molecule is CCC1CCCC(c2nc(COC)c(CNC(C)C)s2)C1. The number of rotatable bonds is 7. The molecule has 1 aliphatic rings. The monoisotopic (exact) mass is 310 g/mol. The summed E-state index contributed by atoms with van der Waals surface area (Å²) >= 11 is 1.91. The summed E-state index contributed by atoms with van der Waals surface area (Å²) in [5.74, 6) is 1.58. The highest BCUT2D eigenvalue weighted by Gasteiger charge is 2.25. The first-order valence-corrected chi connectivity index (χ1v) is 9.16. The number of aromatic nitrogens is 1. The third kappa shape index (κ3) is 4.76. The molecule has 2 atom stereocenters. The van der Waals surface area contributed by atoms with E-state index < -0.39 is 0 Å². The van der Waals surface area contributed by atoms with Crippen LogP contribution >= 0.6 is 11.3 Å². The number of thiazole rings is 1. The van der Waals surface area contributed by atoms with Crippen LogP contribution in [0.15, 0.2) is 0 Å². The first-order chi connectivity index (χ1) is 10.1. The second kappa shape index (κ2) is 8.25. The van der Waals surface area contributed by atoms with Gasteiger partial charge in [-0.2, -0.15) is 0 Å². The molecule has 1 aromatic rings. The lowest BCUT2D eigenvalue weighted by atomic mass is 9.80. The van der Waals surface area contributed by atoms with Gasteiger partial charge >= 0.3 is 0 Å². The molecule has 1 fully saturated rings. The maximum atomic E-state index is 5.33. The summed E-state index contributed by atoms with van der Waals surface area (Å²) in [6, 6.07) is 0.505. The van der Waals surface area contributed by atoms with Crippen molar-refractivity contribution in [3.05, 3.63) is 15.6 Å². The van der Waals surface area contributed by atoms with Crippen molar-refractivity contribution in [2.24, 2.45) is 5.92 Å². The van der Waals surface area contributed by atoms with E-state index in [1.165, 1.54) is 42.0 Å². The number of hydrogen-bond acceptors (Lipinski definition) is 4. The molecular formula is C17H30N2OS. The van der Waals surface area contributed by atoms with Gasteiger partial charge in [0.2, 0.25) is 0 Å². The van der Waals surface area contributed by atoms with Crippen molar-refractivity contribution in [1.82, 2.24) is 10.3 Å². The molecule has 21 heavy (non-hydrogen) atoms. The summed E-state index contributed by atoms with van der Waals surface area (Å²) in [5, 5.41) is 4.86. The first-order valence-electron chi connectivity index (χ1n) is 8.34. The van der Waals surface area contributed by atoms with Gasteiger partial charge in [-0.05, 0) is 18.8 Å². The molecule has 0 amide bonds. The second-order valence-electron chi connectivity index (χ2n) is 6.53. The highest BCUT2D eigenvalue weighted by atomic mass is 32.1. The summed E-state index contributed by atoms with van der Waals surface area (Å²) in [6.45, 7) is 8.24.